The molecule has 0 aliphatic carbocycles. The van der Waals surface area contributed by atoms with Gasteiger partial charge in [0.05, 0.1) is 6.10 Å². The molecular weight excluding hydrogens is 344 g/mol. The fourth-order valence-electron chi connectivity index (χ4n) is 3.52. The van der Waals surface area contributed by atoms with Crippen molar-refractivity contribution >= 4 is 0 Å². The highest BCUT2D eigenvalue weighted by Crippen LogP contribution is 2.29. The van der Waals surface area contributed by atoms with Gasteiger partial charge in [-0.3, -0.25) is 0 Å². The minimum absolute atomic E-state index is 0.331. The lowest BCUT2D eigenvalue weighted by Gasteiger charge is -2.15. The second-order valence-electron chi connectivity index (χ2n) is 7.71. The monoisotopic (exact) mass is 381 g/mol. The highest BCUT2D eigenvalue weighted by molar-refractivity contribution is 5.69. The van der Waals surface area contributed by atoms with Crippen molar-refractivity contribution in [1.82, 2.24) is 0 Å². The molecule has 0 amide bonds. The lowest BCUT2D eigenvalue weighted by molar-refractivity contribution is 0.0976. The van der Waals surface area contributed by atoms with Crippen LogP contribution >= 0.6 is 0 Å². The van der Waals surface area contributed by atoms with Gasteiger partial charge in [-0.05, 0) is 12.0 Å². The molecule has 0 aromatic heterocycles. The summed E-state index contributed by atoms with van der Waals surface area (Å²) >= 11 is 0. The summed E-state index contributed by atoms with van der Waals surface area (Å²) in [5, 5.41) is 10.3. The fourth-order valence-corrected chi connectivity index (χ4v) is 3.52. The van der Waals surface area contributed by atoms with Crippen LogP contribution in [-0.2, 0) is 0 Å². The Kier molecular flexibility index (Phi) is 11.4. The van der Waals surface area contributed by atoms with E-state index in [4.69, 9.17) is 4.74 Å². The first-order valence-corrected chi connectivity index (χ1v) is 11.2. The van der Waals surface area contributed by atoms with E-state index in [2.05, 4.69) is 25.1 Å². The van der Waals surface area contributed by atoms with Crippen molar-refractivity contribution in [3.63, 3.8) is 0 Å². The molecule has 2 aromatic carbocycles. The smallest absolute Gasteiger partial charge is 0.135 e. The Labute approximate surface area is 172 Å². The summed E-state index contributed by atoms with van der Waals surface area (Å²) in [6, 6.07) is 19.2. The third-order valence-corrected chi connectivity index (χ3v) is 5.21. The molecule has 0 heterocycles. The molecule has 2 nitrogen and oxygen atoms in total. The Bertz CT molecular complexity index is 623. The van der Waals surface area contributed by atoms with Crippen LogP contribution in [0.1, 0.15) is 77.6 Å². The normalized spacial score (nSPS) is 12.1. The summed E-state index contributed by atoms with van der Waals surface area (Å²) in [6.45, 7) is 2.59. The Hall–Kier alpha value is -1.80. The summed E-state index contributed by atoms with van der Waals surface area (Å²) < 4.78 is 5.89. The molecule has 1 N–H and O–H groups in total. The molecule has 0 aliphatic heterocycles. The van der Waals surface area contributed by atoms with E-state index in [0.717, 1.165) is 29.7 Å². The Morgan fingerprint density at radius 3 is 2.14 bits per heavy atom. The number of hydrogen-bond acceptors (Lipinski definition) is 2. The molecule has 0 saturated carbocycles. The van der Waals surface area contributed by atoms with Crippen LogP contribution < -0.4 is 4.74 Å². The fraction of sp³-hybridized carbons (Fsp3) is 0.538. The summed E-state index contributed by atoms with van der Waals surface area (Å²) in [6.07, 6.45) is 13.5. The van der Waals surface area contributed by atoms with Crippen LogP contribution in [0.2, 0.25) is 0 Å². The summed E-state index contributed by atoms with van der Waals surface area (Å²) in [4.78, 5) is 0. The molecule has 0 fully saturated rings. The van der Waals surface area contributed by atoms with E-state index in [1.54, 1.807) is 0 Å². The topological polar surface area (TPSA) is 29.5 Å². The van der Waals surface area contributed by atoms with Crippen LogP contribution in [-0.4, -0.2) is 17.8 Å². The number of rotatable bonds is 15. The van der Waals surface area contributed by atoms with Crippen molar-refractivity contribution in [2.45, 2.75) is 83.7 Å². The molecule has 2 heteroatoms. The second kappa shape index (κ2) is 14.2. The van der Waals surface area contributed by atoms with Crippen LogP contribution in [0, 0.1) is 6.07 Å². The van der Waals surface area contributed by atoms with Gasteiger partial charge < -0.3 is 9.84 Å². The largest absolute Gasteiger partial charge is 0.490 e. The number of aliphatic hydroxyl groups is 1. The van der Waals surface area contributed by atoms with Gasteiger partial charge in [0.1, 0.15) is 12.4 Å². The molecule has 0 saturated heterocycles. The first-order chi connectivity index (χ1) is 13.8. The SMILES string of the molecule is CCCCCCCCCCCCC(O)COc1[c]cccc1-c1ccccc1. The van der Waals surface area contributed by atoms with Crippen LogP contribution in [0.5, 0.6) is 5.75 Å². The maximum atomic E-state index is 10.3. The number of unbranched alkanes of at least 4 members (excludes halogenated alkanes) is 9. The zero-order valence-electron chi connectivity index (χ0n) is 17.5. The van der Waals surface area contributed by atoms with Crippen molar-refractivity contribution in [1.29, 1.82) is 0 Å². The van der Waals surface area contributed by atoms with Crippen LogP contribution in [0.15, 0.2) is 48.5 Å². The third kappa shape index (κ3) is 8.93. The van der Waals surface area contributed by atoms with Gasteiger partial charge in [-0.1, -0.05) is 120 Å². The molecule has 2 aromatic rings. The minimum atomic E-state index is -0.411. The van der Waals surface area contributed by atoms with Crippen molar-refractivity contribution in [3.8, 4) is 16.9 Å². The Morgan fingerprint density at radius 2 is 1.46 bits per heavy atom. The first kappa shape index (κ1) is 22.5. The van der Waals surface area contributed by atoms with Gasteiger partial charge in [0.2, 0.25) is 0 Å². The van der Waals surface area contributed by atoms with Gasteiger partial charge in [-0.25, -0.2) is 0 Å². The van der Waals surface area contributed by atoms with Gasteiger partial charge in [-0.2, -0.15) is 0 Å². The summed E-state index contributed by atoms with van der Waals surface area (Å²) in [5.74, 6) is 0.718. The first-order valence-electron chi connectivity index (χ1n) is 11.2. The standard InChI is InChI=1S/C26H37O2/c1-2-3-4-5-6-7-8-9-10-14-19-24(27)22-28-26-21-16-15-20-25(26)23-17-12-11-13-18-23/h11-13,15-18,20,24,27H,2-10,14,19,22H2,1H3. The van der Waals surface area contributed by atoms with Crippen LogP contribution in [0.3, 0.4) is 0 Å². The molecule has 1 unspecified atom stereocenters. The van der Waals surface area contributed by atoms with Gasteiger partial charge >= 0.3 is 0 Å². The highest BCUT2D eigenvalue weighted by atomic mass is 16.5. The number of benzene rings is 2. The Balaban J connectivity index is 1.59. The molecular formula is C26H37O2. The van der Waals surface area contributed by atoms with E-state index in [9.17, 15) is 5.11 Å². The van der Waals surface area contributed by atoms with Crippen molar-refractivity contribution in [2.24, 2.45) is 0 Å². The number of ether oxygens (including phenoxy) is 1. The van der Waals surface area contributed by atoms with Crippen molar-refractivity contribution in [3.05, 3.63) is 54.6 Å². The van der Waals surface area contributed by atoms with Gasteiger partial charge in [-0.15, -0.1) is 0 Å². The minimum Gasteiger partial charge on any atom is -0.490 e. The molecule has 2 rings (SSSR count). The molecule has 0 aliphatic rings. The molecule has 0 spiro atoms. The number of hydrogen-bond donors (Lipinski definition) is 1. The van der Waals surface area contributed by atoms with E-state index >= 15 is 0 Å². The lowest BCUT2D eigenvalue weighted by Crippen LogP contribution is -2.17. The van der Waals surface area contributed by atoms with E-state index in [1.165, 1.54) is 57.8 Å². The van der Waals surface area contributed by atoms with Gasteiger partial charge in [0, 0.05) is 11.6 Å². The van der Waals surface area contributed by atoms with E-state index in [1.807, 2.05) is 36.4 Å². The molecule has 153 valence electrons. The predicted molar refractivity (Wildman–Crippen MR) is 119 cm³/mol. The quantitative estimate of drug-likeness (QED) is 0.330. The van der Waals surface area contributed by atoms with Crippen molar-refractivity contribution in [2.75, 3.05) is 6.61 Å². The maximum absolute atomic E-state index is 10.3. The zero-order valence-corrected chi connectivity index (χ0v) is 17.5. The predicted octanol–water partition coefficient (Wildman–Crippen LogP) is 7.20. The second-order valence-corrected chi connectivity index (χ2v) is 7.71. The molecule has 28 heavy (non-hydrogen) atoms. The lowest BCUT2D eigenvalue weighted by atomic mass is 10.0. The maximum Gasteiger partial charge on any atom is 0.135 e. The average Bonchev–Trinajstić information content (AvgIpc) is 2.74. The van der Waals surface area contributed by atoms with E-state index < -0.39 is 6.10 Å². The highest BCUT2D eigenvalue weighted by Gasteiger charge is 2.09. The Morgan fingerprint density at radius 1 is 0.821 bits per heavy atom. The number of para-hydroxylation sites is 1. The molecule has 0 bridgehead atoms. The van der Waals surface area contributed by atoms with Crippen LogP contribution in [0.25, 0.3) is 11.1 Å². The van der Waals surface area contributed by atoms with Gasteiger partial charge in [0.25, 0.3) is 0 Å². The third-order valence-electron chi connectivity index (χ3n) is 5.21. The molecule has 1 radical (unpaired) electrons. The van der Waals surface area contributed by atoms with Gasteiger partial charge in [0.15, 0.2) is 0 Å². The van der Waals surface area contributed by atoms with E-state index in [-0.39, 0.29) is 0 Å². The number of aliphatic hydroxyl groups excluding tert-OH is 1. The summed E-state index contributed by atoms with van der Waals surface area (Å²) in [7, 11) is 0. The zero-order chi connectivity index (χ0) is 19.9. The van der Waals surface area contributed by atoms with Crippen LogP contribution in [0.4, 0.5) is 0 Å². The summed E-state index contributed by atoms with van der Waals surface area (Å²) in [5.41, 5.74) is 2.13. The van der Waals surface area contributed by atoms with Crippen molar-refractivity contribution < 1.29 is 9.84 Å². The van der Waals surface area contributed by atoms with E-state index in [0.29, 0.717) is 6.61 Å². The average molecular weight is 382 g/mol. The molecule has 1 atom stereocenters.